The van der Waals surface area contributed by atoms with Gasteiger partial charge in [-0.25, -0.2) is 4.79 Å². The number of aliphatic hydroxyl groups is 3. The molecule has 0 radical (unpaired) electrons. The number of carbonyl (C=O) groups excluding carboxylic acids is 2. The zero-order valence-corrected chi connectivity index (χ0v) is 21.4. The molecule has 3 aliphatic carbocycles. The van der Waals surface area contributed by atoms with E-state index in [-0.39, 0.29) is 23.2 Å². The predicted molar refractivity (Wildman–Crippen MR) is 135 cm³/mol. The summed E-state index contributed by atoms with van der Waals surface area (Å²) in [5, 5.41) is 35.2. The Labute approximate surface area is 210 Å². The predicted octanol–water partition coefficient (Wildman–Crippen LogP) is 3.55. The number of aromatic nitrogens is 1. The van der Waals surface area contributed by atoms with Gasteiger partial charge in [0.15, 0.2) is 17.5 Å². The van der Waals surface area contributed by atoms with Crippen molar-refractivity contribution >= 4 is 22.7 Å². The fourth-order valence-electron chi connectivity index (χ4n) is 7.08. The van der Waals surface area contributed by atoms with E-state index >= 15 is 0 Å². The van der Waals surface area contributed by atoms with Crippen LogP contribution in [0.1, 0.15) is 51.4 Å². The molecule has 2 unspecified atom stereocenters. The highest BCUT2D eigenvalue weighted by Gasteiger charge is 2.73. The van der Waals surface area contributed by atoms with Crippen molar-refractivity contribution in [2.75, 3.05) is 6.61 Å². The number of ether oxygens (including phenoxy) is 1. The molecule has 36 heavy (non-hydrogen) atoms. The van der Waals surface area contributed by atoms with Crippen molar-refractivity contribution in [2.24, 2.45) is 28.6 Å². The molecule has 1 aromatic heterocycles. The van der Waals surface area contributed by atoms with Crippen LogP contribution in [-0.2, 0) is 9.53 Å². The lowest BCUT2D eigenvalue weighted by molar-refractivity contribution is -0.190. The molecule has 192 valence electrons. The third kappa shape index (κ3) is 3.03. The molecule has 0 amide bonds. The highest BCUT2D eigenvalue weighted by molar-refractivity contribution is 6.03. The Hall–Kier alpha value is -2.74. The molecule has 2 bridgehead atoms. The lowest BCUT2D eigenvalue weighted by atomic mass is 9.59. The summed E-state index contributed by atoms with van der Waals surface area (Å²) in [5.41, 5.74) is -2.55. The fraction of sp³-hybridized carbons (Fsp3) is 0.517. The number of benzene rings is 1. The van der Waals surface area contributed by atoms with E-state index < -0.39 is 47.1 Å². The molecule has 1 spiro atoms. The van der Waals surface area contributed by atoms with Crippen molar-refractivity contribution < 1.29 is 29.6 Å². The van der Waals surface area contributed by atoms with Crippen LogP contribution in [0, 0.1) is 28.6 Å². The molecule has 0 aliphatic heterocycles. The minimum absolute atomic E-state index is 0.122. The van der Waals surface area contributed by atoms with Crippen molar-refractivity contribution in [3.05, 3.63) is 59.3 Å². The quantitative estimate of drug-likeness (QED) is 0.383. The molecule has 7 atom stereocenters. The summed E-state index contributed by atoms with van der Waals surface area (Å²) in [4.78, 5) is 31.0. The van der Waals surface area contributed by atoms with Crippen LogP contribution in [-0.4, -0.2) is 56.5 Å². The molecule has 2 aromatic rings. The van der Waals surface area contributed by atoms with Crippen molar-refractivity contribution in [1.29, 1.82) is 0 Å². The van der Waals surface area contributed by atoms with Gasteiger partial charge >= 0.3 is 5.97 Å². The number of hydrogen-bond acceptors (Lipinski definition) is 6. The average molecular weight is 494 g/mol. The largest absolute Gasteiger partial charge is 0.451 e. The van der Waals surface area contributed by atoms with E-state index in [1.165, 1.54) is 0 Å². The van der Waals surface area contributed by atoms with Gasteiger partial charge in [-0.1, -0.05) is 52.0 Å². The van der Waals surface area contributed by atoms with E-state index in [2.05, 4.69) is 11.9 Å². The van der Waals surface area contributed by atoms with Crippen LogP contribution in [0.4, 0.5) is 0 Å². The number of fused-ring (bicyclic) bond motifs is 2. The molecule has 1 aromatic carbocycles. The maximum atomic E-state index is 14.4. The fourth-order valence-corrected chi connectivity index (χ4v) is 7.08. The van der Waals surface area contributed by atoms with Crippen LogP contribution in [0.15, 0.2) is 53.8 Å². The third-order valence-corrected chi connectivity index (χ3v) is 9.54. The van der Waals surface area contributed by atoms with Crippen LogP contribution in [0.3, 0.4) is 0 Å². The van der Waals surface area contributed by atoms with E-state index in [1.807, 2.05) is 32.9 Å². The van der Waals surface area contributed by atoms with E-state index in [0.717, 1.165) is 5.39 Å². The molecule has 5 rings (SSSR count). The molecular weight excluding hydrogens is 458 g/mol. The van der Waals surface area contributed by atoms with Gasteiger partial charge in [0, 0.05) is 17.5 Å². The summed E-state index contributed by atoms with van der Waals surface area (Å²) >= 11 is 0. The molecular formula is C29H35NO6. The highest BCUT2D eigenvalue weighted by atomic mass is 16.6. The van der Waals surface area contributed by atoms with E-state index in [0.29, 0.717) is 23.1 Å². The zero-order valence-electron chi connectivity index (χ0n) is 21.4. The number of hydrogen-bond donors (Lipinski definition) is 4. The first kappa shape index (κ1) is 24.9. The first-order valence-electron chi connectivity index (χ1n) is 12.6. The van der Waals surface area contributed by atoms with Gasteiger partial charge in [0.05, 0.1) is 23.1 Å². The second kappa shape index (κ2) is 8.13. The van der Waals surface area contributed by atoms with Gasteiger partial charge in [0.25, 0.3) is 0 Å². The summed E-state index contributed by atoms with van der Waals surface area (Å²) in [5.74, 6) is -1.73. The van der Waals surface area contributed by atoms with Crippen LogP contribution >= 0.6 is 0 Å². The number of nitrogens with one attached hydrogen (secondary N) is 1. The second-order valence-electron chi connectivity index (χ2n) is 11.6. The van der Waals surface area contributed by atoms with Crippen molar-refractivity contribution in [2.45, 2.75) is 58.8 Å². The summed E-state index contributed by atoms with van der Waals surface area (Å²) < 4.78 is 5.98. The number of carbonyl (C=O) groups is 2. The number of Topliss-reactive ketones (excluding diaryl/α,β-unsaturated/α-hetero) is 1. The Morgan fingerprint density at radius 1 is 1.19 bits per heavy atom. The molecule has 0 saturated heterocycles. The van der Waals surface area contributed by atoms with Gasteiger partial charge in [-0.05, 0) is 53.9 Å². The smallest absolute Gasteiger partial charge is 0.340 e. The Bertz CT molecular complexity index is 1300. The third-order valence-electron chi connectivity index (χ3n) is 9.54. The van der Waals surface area contributed by atoms with E-state index in [1.54, 1.807) is 37.4 Å². The van der Waals surface area contributed by atoms with Crippen LogP contribution in [0.25, 0.3) is 10.9 Å². The molecule has 1 fully saturated rings. The second-order valence-corrected chi connectivity index (χ2v) is 11.6. The van der Waals surface area contributed by atoms with Crippen molar-refractivity contribution in [3.63, 3.8) is 0 Å². The van der Waals surface area contributed by atoms with Gasteiger partial charge in [-0.2, -0.15) is 0 Å². The summed E-state index contributed by atoms with van der Waals surface area (Å²) in [6.45, 7) is 9.26. The first-order chi connectivity index (χ1) is 16.9. The molecule has 3 aliphatic rings. The minimum Gasteiger partial charge on any atom is -0.451 e. The Morgan fingerprint density at radius 3 is 2.61 bits per heavy atom. The number of ketones is 1. The zero-order chi connectivity index (χ0) is 26.2. The van der Waals surface area contributed by atoms with Gasteiger partial charge in [0.1, 0.15) is 6.10 Å². The summed E-state index contributed by atoms with van der Waals surface area (Å²) in [7, 11) is 0. The Kier molecular flexibility index (Phi) is 5.63. The summed E-state index contributed by atoms with van der Waals surface area (Å²) in [6.07, 6.45) is 2.86. The SMILES string of the molecule is CC1=CC23C(=O)[C@@H](C=C(CO)[C@@H](O)[C@]2(O)[C@H]1OC(=O)c1cccc2cc[nH]c12)C(C)(C)[C@@H](C)CC3C. The number of para-hydroxylation sites is 1. The normalized spacial score (nSPS) is 37.6. The van der Waals surface area contributed by atoms with Gasteiger partial charge in [0.2, 0.25) is 0 Å². The van der Waals surface area contributed by atoms with E-state index in [4.69, 9.17) is 4.74 Å². The minimum atomic E-state index is -2.17. The number of H-pyrrole nitrogens is 1. The van der Waals surface area contributed by atoms with E-state index in [9.17, 15) is 24.9 Å². The Balaban J connectivity index is 1.67. The van der Waals surface area contributed by atoms with Crippen molar-refractivity contribution in [1.82, 2.24) is 4.98 Å². The molecule has 4 N–H and O–H groups in total. The van der Waals surface area contributed by atoms with Crippen LogP contribution in [0.5, 0.6) is 0 Å². The number of aromatic amines is 1. The van der Waals surface area contributed by atoms with Gasteiger partial charge < -0.3 is 25.0 Å². The maximum Gasteiger partial charge on any atom is 0.340 e. The topological polar surface area (TPSA) is 120 Å². The first-order valence-corrected chi connectivity index (χ1v) is 12.6. The molecule has 7 nitrogen and oxygen atoms in total. The molecule has 1 heterocycles. The standard InChI is InChI=1S/C29H35NO6/c1-15-13-28-17(3)11-16(2)27(4,5)21(24(28)33)12-19(14-31)23(32)29(28,35)25(15)36-26(34)20-8-6-7-18-9-10-30-22(18)20/h6-10,12-13,16-17,21,23,25,30-32,35H,11,14H2,1-5H3/t16-,17?,21+,23+,25-,28?,29-/m0/s1. The highest BCUT2D eigenvalue weighted by Crippen LogP contribution is 2.62. The monoisotopic (exact) mass is 493 g/mol. The van der Waals surface area contributed by atoms with Crippen molar-refractivity contribution in [3.8, 4) is 0 Å². The Morgan fingerprint density at radius 2 is 1.92 bits per heavy atom. The van der Waals surface area contributed by atoms with Gasteiger partial charge in [-0.3, -0.25) is 4.79 Å². The molecule has 1 saturated carbocycles. The average Bonchev–Trinajstić information content (AvgIpc) is 3.38. The van der Waals surface area contributed by atoms with Crippen LogP contribution in [0.2, 0.25) is 0 Å². The number of allylic oxidation sites excluding steroid dienone is 1. The summed E-state index contributed by atoms with van der Waals surface area (Å²) in [6, 6.07) is 7.10. The van der Waals surface area contributed by atoms with Gasteiger partial charge in [-0.15, -0.1) is 0 Å². The lowest BCUT2D eigenvalue weighted by Crippen LogP contribution is -2.65. The maximum absolute atomic E-state index is 14.4. The lowest BCUT2D eigenvalue weighted by Gasteiger charge is -2.48. The number of rotatable bonds is 3. The van der Waals surface area contributed by atoms with Crippen LogP contribution < -0.4 is 0 Å². The molecule has 7 heteroatoms. The number of aliphatic hydroxyl groups excluding tert-OH is 2. The number of esters is 1.